The third kappa shape index (κ3) is 4.64. The second-order valence-corrected chi connectivity index (χ2v) is 6.85. The Kier molecular flexibility index (Phi) is 6.20. The summed E-state index contributed by atoms with van der Waals surface area (Å²) in [4.78, 5) is 36.7. The van der Waals surface area contributed by atoms with E-state index in [9.17, 15) is 14.4 Å². The molecule has 1 atom stereocenters. The van der Waals surface area contributed by atoms with Gasteiger partial charge in [-0.2, -0.15) is 0 Å². The number of esters is 1. The normalized spacial score (nSPS) is 12.0. The summed E-state index contributed by atoms with van der Waals surface area (Å²) in [5, 5.41) is 2.76. The Balaban J connectivity index is 2.06. The van der Waals surface area contributed by atoms with E-state index in [2.05, 4.69) is 5.32 Å². The van der Waals surface area contributed by atoms with Crippen molar-refractivity contribution in [1.82, 2.24) is 0 Å². The molecule has 0 radical (unpaired) electrons. The average molecular weight is 371 g/mol. The van der Waals surface area contributed by atoms with Crippen molar-refractivity contribution in [3.05, 3.63) is 52.5 Å². The van der Waals surface area contributed by atoms with Gasteiger partial charge in [0.25, 0.3) is 0 Å². The molecule has 0 bridgehead atoms. The Morgan fingerprint density at radius 2 is 1.56 bits per heavy atom. The minimum atomic E-state index is -0.942. The molecule has 144 valence electrons. The van der Waals surface area contributed by atoms with Crippen LogP contribution in [0.25, 0.3) is 0 Å². The van der Waals surface area contributed by atoms with Gasteiger partial charge in [-0.05, 0) is 52.0 Å². The van der Waals surface area contributed by atoms with Crippen LogP contribution < -0.4 is 5.32 Å². The first-order valence-electron chi connectivity index (χ1n) is 8.84. The average Bonchev–Trinajstić information content (AvgIpc) is 2.86. The Hall–Kier alpha value is -2.89. The van der Waals surface area contributed by atoms with Crippen molar-refractivity contribution in [2.45, 2.75) is 47.6 Å². The van der Waals surface area contributed by atoms with Gasteiger partial charge in [0.05, 0.1) is 0 Å². The highest BCUT2D eigenvalue weighted by Gasteiger charge is 2.25. The Labute approximate surface area is 158 Å². The predicted molar refractivity (Wildman–Crippen MR) is 102 cm³/mol. The van der Waals surface area contributed by atoms with Crippen LogP contribution in [0.5, 0.6) is 0 Å². The molecular formula is C21H25NO5. The Morgan fingerprint density at radius 3 is 2.04 bits per heavy atom. The van der Waals surface area contributed by atoms with E-state index in [4.69, 9.17) is 9.15 Å². The number of rotatable bonds is 6. The van der Waals surface area contributed by atoms with Crippen molar-refractivity contribution in [2.24, 2.45) is 5.92 Å². The maximum atomic E-state index is 12.5. The number of hydrogen-bond donors (Lipinski definition) is 1. The topological polar surface area (TPSA) is 85.6 Å². The van der Waals surface area contributed by atoms with Gasteiger partial charge in [0.1, 0.15) is 17.1 Å². The molecule has 1 heterocycles. The van der Waals surface area contributed by atoms with Gasteiger partial charge < -0.3 is 14.5 Å². The number of aryl methyl sites for hydroxylation is 2. The SMILES string of the molecule is Cc1oc(C)c(C(=O)OC(C)C(=O)c2ccc(NC(=O)C(C)C)cc2)c1C. The van der Waals surface area contributed by atoms with E-state index in [0.717, 1.165) is 0 Å². The lowest BCUT2D eigenvalue weighted by Gasteiger charge is -2.13. The molecule has 27 heavy (non-hydrogen) atoms. The second kappa shape index (κ2) is 8.20. The van der Waals surface area contributed by atoms with E-state index in [0.29, 0.717) is 33.9 Å². The number of carbonyl (C=O) groups is 3. The summed E-state index contributed by atoms with van der Waals surface area (Å²) in [6.07, 6.45) is -0.942. The number of carbonyl (C=O) groups excluding carboxylic acids is 3. The van der Waals surface area contributed by atoms with Gasteiger partial charge in [-0.25, -0.2) is 4.79 Å². The van der Waals surface area contributed by atoms with Crippen molar-refractivity contribution >= 4 is 23.3 Å². The molecule has 0 saturated carbocycles. The highest BCUT2D eigenvalue weighted by molar-refractivity contribution is 6.02. The Morgan fingerprint density at radius 1 is 0.963 bits per heavy atom. The molecule has 0 saturated heterocycles. The lowest BCUT2D eigenvalue weighted by molar-refractivity contribution is -0.118. The first-order valence-corrected chi connectivity index (χ1v) is 8.84. The molecule has 1 N–H and O–H groups in total. The summed E-state index contributed by atoms with van der Waals surface area (Å²) in [6, 6.07) is 6.49. The van der Waals surface area contributed by atoms with Crippen LogP contribution in [0.4, 0.5) is 5.69 Å². The van der Waals surface area contributed by atoms with Crippen LogP contribution >= 0.6 is 0 Å². The second-order valence-electron chi connectivity index (χ2n) is 6.85. The third-order valence-electron chi connectivity index (χ3n) is 4.38. The zero-order chi connectivity index (χ0) is 20.3. The largest absolute Gasteiger partial charge is 0.465 e. The smallest absolute Gasteiger partial charge is 0.342 e. The number of benzene rings is 1. The quantitative estimate of drug-likeness (QED) is 0.607. The number of ketones is 1. The molecule has 1 aromatic carbocycles. The molecule has 2 rings (SSSR count). The van der Waals surface area contributed by atoms with Gasteiger partial charge in [-0.15, -0.1) is 0 Å². The van der Waals surface area contributed by atoms with Gasteiger partial charge in [-0.3, -0.25) is 9.59 Å². The number of anilines is 1. The van der Waals surface area contributed by atoms with Crippen LogP contribution in [0.1, 0.15) is 58.6 Å². The summed E-state index contributed by atoms with van der Waals surface area (Å²) in [5.74, 6) is -0.0109. The van der Waals surface area contributed by atoms with Crippen LogP contribution in [0.15, 0.2) is 28.7 Å². The fraction of sp³-hybridized carbons (Fsp3) is 0.381. The van der Waals surface area contributed by atoms with E-state index < -0.39 is 12.1 Å². The number of nitrogens with one attached hydrogen (secondary N) is 1. The van der Waals surface area contributed by atoms with E-state index in [1.54, 1.807) is 58.9 Å². The molecular weight excluding hydrogens is 346 g/mol. The predicted octanol–water partition coefficient (Wildman–Crippen LogP) is 4.23. The molecule has 0 aliphatic carbocycles. The monoisotopic (exact) mass is 371 g/mol. The molecule has 1 aromatic heterocycles. The van der Waals surface area contributed by atoms with Crippen LogP contribution in [0, 0.1) is 26.7 Å². The van der Waals surface area contributed by atoms with Crippen molar-refractivity contribution in [3.63, 3.8) is 0 Å². The number of ether oxygens (including phenoxy) is 1. The van der Waals surface area contributed by atoms with Crippen LogP contribution in [0.3, 0.4) is 0 Å². The number of Topliss-reactive ketones (excluding diaryl/α,β-unsaturated/α-hetero) is 1. The maximum Gasteiger partial charge on any atom is 0.342 e. The minimum absolute atomic E-state index is 0.0995. The third-order valence-corrected chi connectivity index (χ3v) is 4.38. The molecule has 6 heteroatoms. The van der Waals surface area contributed by atoms with Gasteiger partial charge in [0.15, 0.2) is 6.10 Å². The molecule has 1 amide bonds. The van der Waals surface area contributed by atoms with Gasteiger partial charge in [0, 0.05) is 22.7 Å². The van der Waals surface area contributed by atoms with E-state index in [-0.39, 0.29) is 17.6 Å². The molecule has 6 nitrogen and oxygen atoms in total. The van der Waals surface area contributed by atoms with Gasteiger partial charge >= 0.3 is 5.97 Å². The van der Waals surface area contributed by atoms with E-state index in [1.807, 2.05) is 0 Å². The first kappa shape index (κ1) is 20.4. The fourth-order valence-electron chi connectivity index (χ4n) is 2.61. The van der Waals surface area contributed by atoms with E-state index >= 15 is 0 Å². The molecule has 2 aromatic rings. The van der Waals surface area contributed by atoms with Gasteiger partial charge in [0.2, 0.25) is 11.7 Å². The van der Waals surface area contributed by atoms with Crippen molar-refractivity contribution < 1.29 is 23.5 Å². The molecule has 0 aliphatic rings. The molecule has 0 fully saturated rings. The van der Waals surface area contributed by atoms with Gasteiger partial charge in [-0.1, -0.05) is 13.8 Å². The maximum absolute atomic E-state index is 12.5. The zero-order valence-electron chi connectivity index (χ0n) is 16.5. The van der Waals surface area contributed by atoms with Crippen molar-refractivity contribution in [3.8, 4) is 0 Å². The van der Waals surface area contributed by atoms with E-state index in [1.165, 1.54) is 6.92 Å². The number of hydrogen-bond acceptors (Lipinski definition) is 5. The van der Waals surface area contributed by atoms with Crippen LogP contribution in [0.2, 0.25) is 0 Å². The molecule has 1 unspecified atom stereocenters. The standard InChI is InChI=1S/C21H25NO5/c1-11(2)20(24)22-17-9-7-16(8-10-17)19(23)15(6)27-21(25)18-12(3)13(4)26-14(18)5/h7-11,15H,1-6H3,(H,22,24). The summed E-state index contributed by atoms with van der Waals surface area (Å²) < 4.78 is 10.8. The van der Waals surface area contributed by atoms with Crippen molar-refractivity contribution in [1.29, 1.82) is 0 Å². The molecule has 0 aliphatic heterocycles. The summed E-state index contributed by atoms with van der Waals surface area (Å²) in [5.41, 5.74) is 2.07. The lowest BCUT2D eigenvalue weighted by atomic mass is 10.1. The van der Waals surface area contributed by atoms with Crippen LogP contribution in [-0.4, -0.2) is 23.8 Å². The van der Waals surface area contributed by atoms with Crippen molar-refractivity contribution in [2.75, 3.05) is 5.32 Å². The molecule has 0 spiro atoms. The number of amides is 1. The summed E-state index contributed by atoms with van der Waals surface area (Å²) in [6.45, 7) is 10.4. The summed E-state index contributed by atoms with van der Waals surface area (Å²) >= 11 is 0. The number of furan rings is 1. The zero-order valence-corrected chi connectivity index (χ0v) is 16.5. The fourth-order valence-corrected chi connectivity index (χ4v) is 2.61. The summed E-state index contributed by atoms with van der Waals surface area (Å²) in [7, 11) is 0. The minimum Gasteiger partial charge on any atom is -0.465 e. The first-order chi connectivity index (χ1) is 12.6. The highest BCUT2D eigenvalue weighted by atomic mass is 16.5. The Bertz CT molecular complexity index is 861. The lowest BCUT2D eigenvalue weighted by Crippen LogP contribution is -2.25. The van der Waals surface area contributed by atoms with Crippen LogP contribution in [-0.2, 0) is 9.53 Å². The highest BCUT2D eigenvalue weighted by Crippen LogP contribution is 2.22.